The number of allylic oxidation sites excluding steroid dienone is 8. The van der Waals surface area contributed by atoms with Crippen molar-refractivity contribution in [3.05, 3.63) is 124 Å². The first-order valence-corrected chi connectivity index (χ1v) is 23.1. The second-order valence-corrected chi connectivity index (χ2v) is 20.2. The number of halogens is 1. The quantitative estimate of drug-likeness (QED) is 0.118. The van der Waals surface area contributed by atoms with Gasteiger partial charge in [-0.3, -0.25) is 4.55 Å². The molecule has 0 aromatic heterocycles. The van der Waals surface area contributed by atoms with E-state index in [4.69, 9.17) is 11.6 Å². The van der Waals surface area contributed by atoms with E-state index < -0.39 is 36.3 Å². The molecule has 0 amide bonds. The van der Waals surface area contributed by atoms with Gasteiger partial charge in [0.25, 0.3) is 10.1 Å². The van der Waals surface area contributed by atoms with Crippen LogP contribution in [0.4, 0.5) is 11.4 Å². The molecule has 3 aliphatic rings. The van der Waals surface area contributed by atoms with Gasteiger partial charge in [0.2, 0.25) is 5.69 Å². The van der Waals surface area contributed by atoms with E-state index in [1.54, 1.807) is 6.07 Å². The van der Waals surface area contributed by atoms with E-state index in [1.165, 1.54) is 24.6 Å². The fraction of sp³-hybridized carbons (Fsp3) is 0.370. The van der Waals surface area contributed by atoms with Crippen molar-refractivity contribution in [2.45, 2.75) is 101 Å². The molecule has 2 aliphatic heterocycles. The maximum atomic E-state index is 11.9. The monoisotopic (exact) mass is 826 g/mol. The number of rotatable bonds is 11. The molecule has 0 fully saturated rings. The van der Waals surface area contributed by atoms with E-state index in [-0.39, 0.29) is 11.3 Å². The van der Waals surface area contributed by atoms with E-state index in [1.807, 2.05) is 18.2 Å². The second-order valence-electron chi connectivity index (χ2n) is 16.7. The first kappa shape index (κ1) is 41.1. The number of nitrogens with zero attached hydrogens (tertiary/aromatic N) is 2. The van der Waals surface area contributed by atoms with Gasteiger partial charge in [0.05, 0.1) is 20.4 Å². The third-order valence-electron chi connectivity index (χ3n) is 12.2. The molecular weight excluding hydrogens is 776 g/mol. The smallest absolute Gasteiger partial charge is 0.294 e. The zero-order chi connectivity index (χ0) is 41.1. The Bertz CT molecular complexity index is 2690. The van der Waals surface area contributed by atoms with Gasteiger partial charge in [-0.15, -0.1) is 0 Å². The maximum Gasteiger partial charge on any atom is 0.294 e. The summed E-state index contributed by atoms with van der Waals surface area (Å²) in [6.07, 6.45) is 13.4. The molecule has 4 aromatic carbocycles. The number of benzene rings is 4. The largest absolute Gasteiger partial charge is 0.748 e. The average Bonchev–Trinajstić information content (AvgIpc) is 3.52. The predicted octanol–water partition coefficient (Wildman–Crippen LogP) is 10.6. The van der Waals surface area contributed by atoms with Crippen LogP contribution in [-0.4, -0.2) is 54.6 Å². The topological polar surface area (TPSA) is 118 Å². The lowest BCUT2D eigenvalue weighted by Crippen LogP contribution is -2.30. The van der Waals surface area contributed by atoms with Gasteiger partial charge in [0.15, 0.2) is 5.71 Å². The molecule has 1 unspecified atom stereocenters. The van der Waals surface area contributed by atoms with Crippen LogP contribution in [0.3, 0.4) is 0 Å². The Morgan fingerprint density at radius 1 is 0.895 bits per heavy atom. The van der Waals surface area contributed by atoms with Crippen molar-refractivity contribution in [1.29, 1.82) is 0 Å². The second kappa shape index (κ2) is 15.3. The van der Waals surface area contributed by atoms with Gasteiger partial charge in [-0.1, -0.05) is 87.3 Å². The molecule has 0 saturated heterocycles. The molecule has 0 spiro atoms. The van der Waals surface area contributed by atoms with Crippen LogP contribution in [0.5, 0.6) is 0 Å². The Morgan fingerprint density at radius 2 is 1.61 bits per heavy atom. The highest BCUT2D eigenvalue weighted by Gasteiger charge is 2.46. The van der Waals surface area contributed by atoms with Gasteiger partial charge in [0.1, 0.15) is 6.54 Å². The van der Waals surface area contributed by atoms with Gasteiger partial charge in [-0.25, -0.2) is 8.42 Å². The molecule has 4 aromatic rings. The van der Waals surface area contributed by atoms with Crippen LogP contribution >= 0.6 is 11.6 Å². The Kier molecular flexibility index (Phi) is 11.0. The van der Waals surface area contributed by atoms with Crippen LogP contribution in [0.1, 0.15) is 91.2 Å². The molecule has 0 bridgehead atoms. The molecule has 1 atom stereocenters. The van der Waals surface area contributed by atoms with Crippen molar-refractivity contribution in [1.82, 2.24) is 0 Å². The first-order chi connectivity index (χ1) is 26.9. The number of anilines is 1. The summed E-state index contributed by atoms with van der Waals surface area (Å²) in [6, 6.07) is 21.3. The van der Waals surface area contributed by atoms with E-state index >= 15 is 0 Å². The third-order valence-corrected chi connectivity index (χ3v) is 14.8. The molecule has 7 rings (SSSR count). The zero-order valence-corrected chi connectivity index (χ0v) is 35.9. The van der Waals surface area contributed by atoms with Crippen LogP contribution in [0.15, 0.2) is 118 Å². The fourth-order valence-corrected chi connectivity index (χ4v) is 10.3. The fourth-order valence-electron chi connectivity index (χ4n) is 9.09. The van der Waals surface area contributed by atoms with Crippen molar-refractivity contribution < 1.29 is 30.5 Å². The highest BCUT2D eigenvalue weighted by molar-refractivity contribution is 7.86. The van der Waals surface area contributed by atoms with Crippen molar-refractivity contribution in [2.24, 2.45) is 0 Å². The Balaban J connectivity index is 1.26. The summed E-state index contributed by atoms with van der Waals surface area (Å²) < 4.78 is 71.7. The van der Waals surface area contributed by atoms with Crippen molar-refractivity contribution in [2.75, 3.05) is 18.0 Å². The minimum atomic E-state index is -4.43. The van der Waals surface area contributed by atoms with Crippen molar-refractivity contribution >= 4 is 70.5 Å². The lowest BCUT2D eigenvalue weighted by Gasteiger charge is -2.28. The Labute approximate surface area is 342 Å². The standard InChI is InChI=1S/C46H51ClN2O6S2/c1-7-8-27-48-38-23-17-34-29-35(57(53,54)55)20-21-37(34)43(38)45(3,4)40(48)24-18-32-13-11-14-33(44(32)47)19-25-41-46(5,6)42-36-15-10-9-12-31(36)16-22-39(42)49(41)28-26-30(2)56(50,51)52/h9-10,12,15-25,29-30H,7-8,11,13-14,26-28H2,1-6H3,(H-,50,51,52,53,54,55). The van der Waals surface area contributed by atoms with Crippen LogP contribution in [-0.2, 0) is 31.1 Å². The summed E-state index contributed by atoms with van der Waals surface area (Å²) in [4.78, 5) is 2.05. The van der Waals surface area contributed by atoms with E-state index in [2.05, 4.69) is 98.7 Å². The molecule has 8 nitrogen and oxygen atoms in total. The molecule has 0 radical (unpaired) electrons. The Hall–Kier alpha value is -4.06. The average molecular weight is 828 g/mol. The molecule has 57 heavy (non-hydrogen) atoms. The summed E-state index contributed by atoms with van der Waals surface area (Å²) >= 11 is 7.28. The Morgan fingerprint density at radius 3 is 2.33 bits per heavy atom. The summed E-state index contributed by atoms with van der Waals surface area (Å²) in [5, 5.41) is 3.69. The van der Waals surface area contributed by atoms with Crippen molar-refractivity contribution in [3.63, 3.8) is 0 Å². The third kappa shape index (κ3) is 7.56. The normalized spacial score (nSPS) is 20.1. The summed E-state index contributed by atoms with van der Waals surface area (Å²) in [5.41, 5.74) is 7.81. The number of fused-ring (bicyclic) bond motifs is 6. The van der Waals surface area contributed by atoms with Gasteiger partial charge < -0.3 is 9.45 Å². The van der Waals surface area contributed by atoms with Crippen LogP contribution < -0.4 is 4.90 Å². The van der Waals surface area contributed by atoms with Crippen molar-refractivity contribution in [3.8, 4) is 0 Å². The molecule has 1 aliphatic carbocycles. The van der Waals surface area contributed by atoms with Gasteiger partial charge >= 0.3 is 0 Å². The molecule has 1 N–H and O–H groups in total. The van der Waals surface area contributed by atoms with Crippen LogP contribution in [0.25, 0.3) is 21.5 Å². The predicted molar refractivity (Wildman–Crippen MR) is 232 cm³/mol. The summed E-state index contributed by atoms with van der Waals surface area (Å²) in [6.45, 7) is 13.7. The number of hydrogen-bond acceptors (Lipinski definition) is 6. The van der Waals surface area contributed by atoms with Gasteiger partial charge in [-0.2, -0.15) is 13.0 Å². The first-order valence-electron chi connectivity index (χ1n) is 19.8. The number of hydrogen-bond donors (Lipinski definition) is 1. The lowest BCUT2D eigenvalue weighted by atomic mass is 9.78. The SMILES string of the molecule is CCCC[N+]1=C(/C=C/C2=C(Cl)C(=C/C=C3/N(CCC(C)S(=O)(=O)[O-])c4ccc5ccccc5c4C3(C)C)/CCC2)C(C)(C)c2c1ccc1cc(S(=O)(=O)O)ccc21. The molecule has 2 heterocycles. The van der Waals surface area contributed by atoms with Gasteiger partial charge in [-0.05, 0) is 115 Å². The molecule has 300 valence electrons. The minimum Gasteiger partial charge on any atom is -0.748 e. The molecule has 11 heteroatoms. The lowest BCUT2D eigenvalue weighted by molar-refractivity contribution is -0.438. The van der Waals surface area contributed by atoms with E-state index in [9.17, 15) is 25.9 Å². The zero-order valence-electron chi connectivity index (χ0n) is 33.5. The molecular formula is C46H51ClN2O6S2. The van der Waals surface area contributed by atoms with Gasteiger partial charge in [0, 0.05) is 57.8 Å². The number of unbranched alkanes of at least 4 members (excludes halogenated alkanes) is 1. The maximum absolute atomic E-state index is 11.9. The highest BCUT2D eigenvalue weighted by atomic mass is 35.5. The van der Waals surface area contributed by atoms with E-state index in [0.717, 1.165) is 105 Å². The van der Waals surface area contributed by atoms with Crippen LogP contribution in [0.2, 0.25) is 0 Å². The molecule has 0 saturated carbocycles. The summed E-state index contributed by atoms with van der Waals surface area (Å²) in [7, 11) is -8.76. The van der Waals surface area contributed by atoms with E-state index in [0.29, 0.717) is 6.54 Å². The summed E-state index contributed by atoms with van der Waals surface area (Å²) in [5.74, 6) is 0. The minimum absolute atomic E-state index is 0.123. The highest BCUT2D eigenvalue weighted by Crippen LogP contribution is 2.51. The van der Waals surface area contributed by atoms with Crippen LogP contribution in [0, 0.1) is 0 Å².